The highest BCUT2D eigenvalue weighted by Crippen LogP contribution is 2.18. The van der Waals surface area contributed by atoms with Crippen molar-refractivity contribution >= 4 is 17.6 Å². The number of nitrogens with zero attached hydrogens (tertiary/aromatic N) is 1. The number of nitrogens with one attached hydrogen (secondary N) is 1. The van der Waals surface area contributed by atoms with Gasteiger partial charge in [-0.25, -0.2) is 4.79 Å². The maximum atomic E-state index is 12.1. The van der Waals surface area contributed by atoms with Crippen LogP contribution in [0.4, 0.5) is 5.69 Å². The number of rotatable bonds is 8. The van der Waals surface area contributed by atoms with Crippen LogP contribution in [-0.2, 0) is 14.3 Å². The van der Waals surface area contributed by atoms with Gasteiger partial charge in [-0.2, -0.15) is 5.26 Å². The Morgan fingerprint density at radius 1 is 1.07 bits per heavy atom. The van der Waals surface area contributed by atoms with Crippen LogP contribution in [0.5, 0.6) is 11.5 Å². The van der Waals surface area contributed by atoms with Crippen molar-refractivity contribution in [2.24, 2.45) is 0 Å². The van der Waals surface area contributed by atoms with Crippen LogP contribution < -0.4 is 14.8 Å². The van der Waals surface area contributed by atoms with Gasteiger partial charge in [0.1, 0.15) is 17.6 Å². The lowest BCUT2D eigenvalue weighted by Gasteiger charge is -2.14. The van der Waals surface area contributed by atoms with E-state index in [4.69, 9.17) is 19.5 Å². The lowest BCUT2D eigenvalue weighted by atomic mass is 10.2. The second kappa shape index (κ2) is 9.82. The quantitative estimate of drug-likeness (QED) is 0.720. The van der Waals surface area contributed by atoms with Crippen LogP contribution in [0, 0.1) is 11.3 Å². The van der Waals surface area contributed by atoms with Gasteiger partial charge in [-0.1, -0.05) is 12.1 Å². The maximum absolute atomic E-state index is 12.1. The van der Waals surface area contributed by atoms with E-state index < -0.39 is 18.0 Å². The number of ether oxygens (including phenoxy) is 3. The van der Waals surface area contributed by atoms with Crippen LogP contribution in [0.15, 0.2) is 48.5 Å². The monoisotopic (exact) mass is 368 g/mol. The first-order valence-electron chi connectivity index (χ1n) is 8.38. The summed E-state index contributed by atoms with van der Waals surface area (Å²) in [5, 5.41) is 11.6. The highest BCUT2D eigenvalue weighted by atomic mass is 16.6. The number of amides is 1. The fraction of sp³-hybridized carbons (Fsp3) is 0.250. The van der Waals surface area contributed by atoms with Crippen LogP contribution in [0.2, 0.25) is 0 Å². The topological polar surface area (TPSA) is 97.7 Å². The third kappa shape index (κ3) is 6.04. The van der Waals surface area contributed by atoms with Crippen molar-refractivity contribution in [2.45, 2.75) is 20.0 Å². The molecule has 2 aromatic rings. The molecule has 0 spiro atoms. The summed E-state index contributed by atoms with van der Waals surface area (Å²) in [6.07, 6.45) is -1.03. The van der Waals surface area contributed by atoms with Crippen molar-refractivity contribution in [3.8, 4) is 17.6 Å². The largest absolute Gasteiger partial charge is 0.494 e. The first-order valence-corrected chi connectivity index (χ1v) is 8.38. The molecule has 0 aliphatic carbocycles. The van der Waals surface area contributed by atoms with Crippen molar-refractivity contribution in [2.75, 3.05) is 18.5 Å². The molecule has 0 fully saturated rings. The fourth-order valence-corrected chi connectivity index (χ4v) is 2.15. The van der Waals surface area contributed by atoms with Gasteiger partial charge in [0.25, 0.3) is 5.91 Å². The number of carbonyl (C=O) groups is 2. The van der Waals surface area contributed by atoms with E-state index >= 15 is 0 Å². The van der Waals surface area contributed by atoms with Crippen LogP contribution in [0.1, 0.15) is 19.4 Å². The second-order valence-corrected chi connectivity index (χ2v) is 5.47. The molecule has 1 N–H and O–H groups in total. The molecule has 0 bridgehead atoms. The Balaban J connectivity index is 1.82. The molecular formula is C20H20N2O5. The summed E-state index contributed by atoms with van der Waals surface area (Å²) >= 11 is 0. The molecule has 1 amide bonds. The van der Waals surface area contributed by atoms with E-state index in [0.717, 1.165) is 0 Å². The molecule has 0 unspecified atom stereocenters. The average molecular weight is 368 g/mol. The summed E-state index contributed by atoms with van der Waals surface area (Å²) in [7, 11) is 0. The van der Waals surface area contributed by atoms with E-state index in [1.165, 1.54) is 6.92 Å². The summed E-state index contributed by atoms with van der Waals surface area (Å²) in [4.78, 5) is 24.0. The van der Waals surface area contributed by atoms with Crippen molar-refractivity contribution in [3.05, 3.63) is 54.1 Å². The van der Waals surface area contributed by atoms with Gasteiger partial charge >= 0.3 is 5.97 Å². The summed E-state index contributed by atoms with van der Waals surface area (Å²) in [6.45, 7) is 3.56. The van der Waals surface area contributed by atoms with Gasteiger partial charge in [0.15, 0.2) is 12.7 Å². The minimum Gasteiger partial charge on any atom is -0.494 e. The smallest absolute Gasteiger partial charge is 0.344 e. The number of para-hydroxylation sites is 1. The number of hydrogen-bond donors (Lipinski definition) is 1. The number of benzene rings is 2. The zero-order chi connectivity index (χ0) is 19.6. The minimum atomic E-state index is -1.03. The van der Waals surface area contributed by atoms with E-state index in [-0.39, 0.29) is 6.61 Å². The van der Waals surface area contributed by atoms with Crippen LogP contribution >= 0.6 is 0 Å². The van der Waals surface area contributed by atoms with Gasteiger partial charge in [0.2, 0.25) is 0 Å². The molecule has 0 saturated carbocycles. The third-order valence-corrected chi connectivity index (χ3v) is 3.47. The Kier molecular flexibility index (Phi) is 7.20. The molecule has 1 atom stereocenters. The predicted octanol–water partition coefficient (Wildman–Crippen LogP) is 2.91. The first kappa shape index (κ1) is 19.8. The highest BCUT2D eigenvalue weighted by molar-refractivity contribution is 5.96. The molecule has 0 heterocycles. The molecule has 0 aromatic heterocycles. The zero-order valence-electron chi connectivity index (χ0n) is 15.1. The molecule has 7 heteroatoms. The molecule has 7 nitrogen and oxygen atoms in total. The van der Waals surface area contributed by atoms with Gasteiger partial charge in [-0.15, -0.1) is 0 Å². The maximum Gasteiger partial charge on any atom is 0.344 e. The predicted molar refractivity (Wildman–Crippen MR) is 98.4 cm³/mol. The van der Waals surface area contributed by atoms with Crippen molar-refractivity contribution < 1.29 is 23.8 Å². The molecule has 0 aliphatic heterocycles. The van der Waals surface area contributed by atoms with E-state index in [9.17, 15) is 9.59 Å². The van der Waals surface area contributed by atoms with Gasteiger partial charge < -0.3 is 19.5 Å². The number of anilines is 1. The van der Waals surface area contributed by atoms with Gasteiger partial charge in [0.05, 0.1) is 17.9 Å². The van der Waals surface area contributed by atoms with Gasteiger partial charge in [-0.05, 0) is 50.2 Å². The second-order valence-electron chi connectivity index (χ2n) is 5.47. The minimum absolute atomic E-state index is 0.322. The van der Waals surface area contributed by atoms with E-state index in [0.29, 0.717) is 29.4 Å². The Morgan fingerprint density at radius 2 is 1.70 bits per heavy atom. The van der Waals surface area contributed by atoms with Crippen molar-refractivity contribution in [1.29, 1.82) is 5.26 Å². The lowest BCUT2D eigenvalue weighted by molar-refractivity contribution is -0.155. The number of nitriles is 1. The van der Waals surface area contributed by atoms with Crippen LogP contribution in [0.3, 0.4) is 0 Å². The zero-order valence-corrected chi connectivity index (χ0v) is 15.1. The van der Waals surface area contributed by atoms with Crippen molar-refractivity contribution in [1.82, 2.24) is 0 Å². The standard InChI is InChI=1S/C20H20N2O5/c1-3-25-16-8-10-17(11-9-16)26-13-19(23)27-14(2)20(24)22-18-7-5-4-6-15(18)12-21/h4-11,14H,3,13H2,1-2H3,(H,22,24)/t14-/m0/s1. The molecule has 2 rings (SSSR count). The van der Waals surface area contributed by atoms with Gasteiger partial charge in [-0.3, -0.25) is 4.79 Å². The summed E-state index contributed by atoms with van der Waals surface area (Å²) < 4.78 is 15.7. The molecule has 140 valence electrons. The van der Waals surface area contributed by atoms with E-state index in [2.05, 4.69) is 5.32 Å². The van der Waals surface area contributed by atoms with Crippen LogP contribution in [-0.4, -0.2) is 31.2 Å². The number of carbonyl (C=O) groups excluding carboxylic acids is 2. The highest BCUT2D eigenvalue weighted by Gasteiger charge is 2.19. The first-order chi connectivity index (χ1) is 13.0. The lowest BCUT2D eigenvalue weighted by Crippen LogP contribution is -2.31. The van der Waals surface area contributed by atoms with Crippen LogP contribution in [0.25, 0.3) is 0 Å². The molecule has 0 aliphatic rings. The van der Waals surface area contributed by atoms with Crippen molar-refractivity contribution in [3.63, 3.8) is 0 Å². The number of esters is 1. The SMILES string of the molecule is CCOc1ccc(OCC(=O)O[C@@H](C)C(=O)Nc2ccccc2C#N)cc1. The third-order valence-electron chi connectivity index (χ3n) is 3.47. The van der Waals surface area contributed by atoms with E-state index in [1.54, 1.807) is 48.5 Å². The van der Waals surface area contributed by atoms with Gasteiger partial charge in [0, 0.05) is 0 Å². The Morgan fingerprint density at radius 3 is 2.33 bits per heavy atom. The summed E-state index contributed by atoms with van der Waals surface area (Å²) in [5.41, 5.74) is 0.682. The molecule has 27 heavy (non-hydrogen) atoms. The summed E-state index contributed by atoms with van der Waals surface area (Å²) in [5.74, 6) is -0.0296. The molecular weight excluding hydrogens is 348 g/mol. The molecule has 2 aromatic carbocycles. The Bertz CT molecular complexity index is 827. The average Bonchev–Trinajstić information content (AvgIpc) is 2.68. The molecule has 0 saturated heterocycles. The Hall–Kier alpha value is -3.53. The molecule has 0 radical (unpaired) electrons. The van der Waals surface area contributed by atoms with E-state index in [1.807, 2.05) is 13.0 Å². The number of hydrogen-bond acceptors (Lipinski definition) is 6. The Labute approximate surface area is 157 Å². The normalized spacial score (nSPS) is 11.0. The summed E-state index contributed by atoms with van der Waals surface area (Å²) in [6, 6.07) is 15.3. The fourth-order valence-electron chi connectivity index (χ4n) is 2.15.